The number of aliphatic hydroxyl groups excluding tert-OH is 1. The largest absolute Gasteiger partial charge is 0.392 e. The number of H-pyrrole nitrogens is 1. The van der Waals surface area contributed by atoms with E-state index in [0.29, 0.717) is 17.5 Å². The third-order valence-corrected chi connectivity index (χ3v) is 5.53. The Kier molecular flexibility index (Phi) is 5.28. The topological polar surface area (TPSA) is 104 Å². The van der Waals surface area contributed by atoms with Gasteiger partial charge in [-0.3, -0.25) is 5.10 Å². The highest BCUT2D eigenvalue weighted by Gasteiger charge is 2.28. The average Bonchev–Trinajstić information content (AvgIpc) is 3.13. The first-order valence-corrected chi connectivity index (χ1v) is 9.97. The van der Waals surface area contributed by atoms with Crippen LogP contribution in [0.5, 0.6) is 0 Å². The molecular formula is C21H36N6O. The Morgan fingerprint density at radius 1 is 1.39 bits per heavy atom. The Morgan fingerprint density at radius 2 is 2.25 bits per heavy atom. The van der Waals surface area contributed by atoms with Crippen LogP contribution in [0.15, 0.2) is 30.5 Å². The van der Waals surface area contributed by atoms with E-state index in [0.717, 1.165) is 54.1 Å². The van der Waals surface area contributed by atoms with Crippen molar-refractivity contribution in [3.8, 4) is 11.4 Å². The predicted molar refractivity (Wildman–Crippen MR) is 119 cm³/mol. The number of hydrogen-bond donors (Lipinski definition) is 3. The number of aliphatic hydroxyl groups is 1. The number of fused-ring (bicyclic) bond motifs is 1. The number of piperidine rings is 1. The maximum Gasteiger partial charge on any atom is 0.181 e. The zero-order valence-corrected chi connectivity index (χ0v) is 16.5. The van der Waals surface area contributed by atoms with Gasteiger partial charge in [-0.15, -0.1) is 0 Å². The Bertz CT molecular complexity index is 970. The molecule has 7 heteroatoms. The molecule has 28 heavy (non-hydrogen) atoms. The van der Waals surface area contributed by atoms with Gasteiger partial charge in [-0.05, 0) is 54.5 Å². The van der Waals surface area contributed by atoms with E-state index in [1.54, 1.807) is 6.20 Å². The predicted octanol–water partition coefficient (Wildman–Crippen LogP) is 3.70. The minimum Gasteiger partial charge on any atom is -0.392 e. The molecule has 4 rings (SSSR count). The van der Waals surface area contributed by atoms with Crippen LogP contribution >= 0.6 is 0 Å². The van der Waals surface area contributed by atoms with E-state index < -0.39 is 0 Å². The number of rotatable bonds is 5. The van der Waals surface area contributed by atoms with Crippen molar-refractivity contribution in [3.05, 3.63) is 36.0 Å². The third kappa shape index (κ3) is 3.72. The van der Waals surface area contributed by atoms with Gasteiger partial charge in [-0.1, -0.05) is 13.8 Å². The molecule has 1 aliphatic rings. The summed E-state index contributed by atoms with van der Waals surface area (Å²) >= 11 is 0. The van der Waals surface area contributed by atoms with Gasteiger partial charge in [0.2, 0.25) is 0 Å². The highest BCUT2D eigenvalue weighted by Crippen LogP contribution is 2.30. The molecule has 1 aliphatic heterocycles. The van der Waals surface area contributed by atoms with Gasteiger partial charge in [0, 0.05) is 36.4 Å². The summed E-state index contributed by atoms with van der Waals surface area (Å²) in [6, 6.07) is 7.99. The first-order chi connectivity index (χ1) is 13.5. The fourth-order valence-corrected chi connectivity index (χ4v) is 4.11. The van der Waals surface area contributed by atoms with Crippen molar-refractivity contribution < 1.29 is 10.8 Å². The van der Waals surface area contributed by atoms with Gasteiger partial charge in [0.05, 0.1) is 18.0 Å². The molecule has 2 atom stereocenters. The Labute approximate surface area is 170 Å². The quantitative estimate of drug-likeness (QED) is 0.616. The molecule has 0 bridgehead atoms. The molecule has 0 aliphatic carbocycles. The van der Waals surface area contributed by atoms with Crippen LogP contribution in [0.4, 0.5) is 5.82 Å². The highest BCUT2D eigenvalue weighted by molar-refractivity contribution is 5.89. The molecule has 3 aromatic heterocycles. The van der Waals surface area contributed by atoms with Crippen molar-refractivity contribution in [2.45, 2.75) is 39.3 Å². The summed E-state index contributed by atoms with van der Waals surface area (Å²) in [6.07, 6.45) is 3.79. The lowest BCUT2D eigenvalue weighted by atomic mass is 9.86. The van der Waals surface area contributed by atoms with E-state index in [-0.39, 0.29) is 18.4 Å². The lowest BCUT2D eigenvalue weighted by Gasteiger charge is -2.38. The molecular weight excluding hydrogens is 352 g/mol. The van der Waals surface area contributed by atoms with Crippen LogP contribution in [-0.4, -0.2) is 44.4 Å². The number of nitrogens with zero attached hydrogens (tertiary/aromatic N) is 4. The van der Waals surface area contributed by atoms with Gasteiger partial charge in [0.15, 0.2) is 5.65 Å². The van der Waals surface area contributed by atoms with Gasteiger partial charge in [0.1, 0.15) is 5.82 Å². The second-order valence-electron chi connectivity index (χ2n) is 8.14. The molecule has 7 nitrogen and oxygen atoms in total. The monoisotopic (exact) mass is 388 g/mol. The summed E-state index contributed by atoms with van der Waals surface area (Å²) in [4.78, 5) is 11.5. The summed E-state index contributed by atoms with van der Waals surface area (Å²) < 4.78 is 0. The van der Waals surface area contributed by atoms with Gasteiger partial charge >= 0.3 is 0 Å². The summed E-state index contributed by atoms with van der Waals surface area (Å²) in [5.41, 5.74) is 9.48. The minimum atomic E-state index is -0.0321. The lowest BCUT2D eigenvalue weighted by molar-refractivity contribution is 0.281. The number of anilines is 1. The number of nitrogens with one attached hydrogen (secondary N) is 1. The fourth-order valence-electron chi connectivity index (χ4n) is 4.11. The van der Waals surface area contributed by atoms with Gasteiger partial charge < -0.3 is 15.7 Å². The summed E-state index contributed by atoms with van der Waals surface area (Å²) in [7, 11) is 0. The van der Waals surface area contributed by atoms with Crippen molar-refractivity contribution in [3.63, 3.8) is 0 Å². The van der Waals surface area contributed by atoms with Crippen LogP contribution in [0.3, 0.4) is 0 Å². The minimum absolute atomic E-state index is 0. The van der Waals surface area contributed by atoms with E-state index in [1.165, 1.54) is 0 Å². The van der Waals surface area contributed by atoms with Crippen LogP contribution in [0, 0.1) is 11.8 Å². The Morgan fingerprint density at radius 3 is 3.04 bits per heavy atom. The van der Waals surface area contributed by atoms with Crippen LogP contribution in [0.1, 0.15) is 38.0 Å². The molecule has 1 fully saturated rings. The number of aromatic amines is 1. The van der Waals surface area contributed by atoms with Crippen LogP contribution < -0.4 is 10.6 Å². The molecule has 4 N–H and O–H groups in total. The number of pyridine rings is 2. The van der Waals surface area contributed by atoms with E-state index in [1.807, 2.05) is 24.3 Å². The molecule has 156 valence electrons. The smallest absolute Gasteiger partial charge is 0.181 e. The second-order valence-corrected chi connectivity index (χ2v) is 8.14. The lowest BCUT2D eigenvalue weighted by Crippen LogP contribution is -2.47. The fraction of sp³-hybridized carbons (Fsp3) is 0.476. The van der Waals surface area contributed by atoms with Crippen molar-refractivity contribution in [2.24, 2.45) is 17.6 Å². The number of hydrogen-bond acceptors (Lipinski definition) is 6. The zero-order valence-electron chi connectivity index (χ0n) is 16.5. The number of aromatic nitrogens is 4. The molecule has 0 spiro atoms. The Balaban J connectivity index is 0.00000240. The number of nitrogens with two attached hydrogens (primary N) is 1. The van der Waals surface area contributed by atoms with Crippen molar-refractivity contribution in [1.82, 2.24) is 20.2 Å². The molecule has 0 radical (unpaired) electrons. The summed E-state index contributed by atoms with van der Waals surface area (Å²) in [5.74, 6) is 1.95. The van der Waals surface area contributed by atoms with Crippen LogP contribution in [0.2, 0.25) is 0 Å². The van der Waals surface area contributed by atoms with Crippen molar-refractivity contribution in [1.29, 1.82) is 0 Å². The van der Waals surface area contributed by atoms with E-state index in [9.17, 15) is 5.11 Å². The van der Waals surface area contributed by atoms with Gasteiger partial charge in [-0.2, -0.15) is 5.10 Å². The summed E-state index contributed by atoms with van der Waals surface area (Å²) in [6.45, 7) is 6.22. The average molecular weight is 389 g/mol. The zero-order chi connectivity index (χ0) is 19.7. The summed E-state index contributed by atoms with van der Waals surface area (Å²) in [5, 5.41) is 18.1. The van der Waals surface area contributed by atoms with E-state index in [2.05, 4.69) is 33.9 Å². The normalized spacial score (nSPS) is 20.2. The molecule has 2 unspecified atom stereocenters. The molecule has 4 heterocycles. The first-order valence-electron chi connectivity index (χ1n) is 9.97. The van der Waals surface area contributed by atoms with Gasteiger partial charge in [0.25, 0.3) is 0 Å². The third-order valence-electron chi connectivity index (χ3n) is 5.53. The Hall–Kier alpha value is -2.51. The van der Waals surface area contributed by atoms with Crippen molar-refractivity contribution in [2.75, 3.05) is 18.0 Å². The SMILES string of the molecule is CC(C)CC1CN(c2cc(CO)cc(-c3[nH]nc4ncccc34)n2)CCC1N.[HH].[HH].[HH].[HH]. The van der Waals surface area contributed by atoms with Crippen molar-refractivity contribution >= 4 is 16.9 Å². The van der Waals surface area contributed by atoms with Gasteiger partial charge in [-0.25, -0.2) is 9.97 Å². The molecule has 0 amide bonds. The van der Waals surface area contributed by atoms with E-state index in [4.69, 9.17) is 10.7 Å². The maximum atomic E-state index is 9.80. The van der Waals surface area contributed by atoms with E-state index >= 15 is 0 Å². The second kappa shape index (κ2) is 7.85. The van der Waals surface area contributed by atoms with Crippen LogP contribution in [0.25, 0.3) is 22.4 Å². The highest BCUT2D eigenvalue weighted by atomic mass is 16.3. The molecule has 1 saturated heterocycles. The van der Waals surface area contributed by atoms with Crippen LogP contribution in [-0.2, 0) is 6.61 Å². The standard InChI is InChI=1S/C21H28N6O.4H2/c1-13(2)8-15-11-27(7-5-17(15)22)19-10-14(12-28)9-18(24-19)20-16-4-3-6-23-21(16)26-25-20;;;;/h3-4,6,9-10,13,15,17,28H,5,7-8,11-12,22H2,1-2H3,(H,23,25,26);4*1H. The molecule has 3 aromatic rings. The molecule has 0 aromatic carbocycles. The molecule has 0 saturated carbocycles. The first kappa shape index (κ1) is 18.8. The maximum absolute atomic E-state index is 9.80.